The number of ether oxygens (including phenoxy) is 1. The van der Waals surface area contributed by atoms with Gasteiger partial charge in [0, 0.05) is 18.0 Å². The first-order valence-corrected chi connectivity index (χ1v) is 9.17. The standard InChI is InChI=1S/C17H19NO5S/c1-12-3-4-13(11-16(12)19)18-17(20)9-10-23-14-5-7-15(8-6-14)24(2,21)22/h3-8,11,19H,9-10H2,1-2H3,(H,18,20). The van der Waals surface area contributed by atoms with E-state index in [1.807, 2.05) is 0 Å². The van der Waals surface area contributed by atoms with Gasteiger partial charge in [-0.1, -0.05) is 6.07 Å². The van der Waals surface area contributed by atoms with Gasteiger partial charge in [-0.3, -0.25) is 4.79 Å². The molecule has 0 radical (unpaired) electrons. The third-order valence-electron chi connectivity index (χ3n) is 3.34. The van der Waals surface area contributed by atoms with Gasteiger partial charge in [0.15, 0.2) is 9.84 Å². The van der Waals surface area contributed by atoms with Crippen LogP contribution in [0.5, 0.6) is 11.5 Å². The number of benzene rings is 2. The highest BCUT2D eigenvalue weighted by atomic mass is 32.2. The molecule has 0 aliphatic rings. The van der Waals surface area contributed by atoms with Crippen molar-refractivity contribution in [2.24, 2.45) is 0 Å². The number of sulfone groups is 1. The van der Waals surface area contributed by atoms with Crippen LogP contribution in [0, 0.1) is 6.92 Å². The van der Waals surface area contributed by atoms with E-state index in [0.717, 1.165) is 11.8 Å². The Morgan fingerprint density at radius 1 is 1.17 bits per heavy atom. The van der Waals surface area contributed by atoms with Gasteiger partial charge in [-0.2, -0.15) is 0 Å². The van der Waals surface area contributed by atoms with Gasteiger partial charge in [-0.05, 0) is 42.8 Å². The zero-order chi connectivity index (χ0) is 17.7. The van der Waals surface area contributed by atoms with Crippen LogP contribution in [-0.4, -0.2) is 32.3 Å². The normalized spacial score (nSPS) is 11.1. The molecule has 0 saturated heterocycles. The lowest BCUT2D eigenvalue weighted by molar-refractivity contribution is -0.116. The maximum Gasteiger partial charge on any atom is 0.227 e. The molecule has 128 valence electrons. The van der Waals surface area contributed by atoms with Gasteiger partial charge >= 0.3 is 0 Å². The smallest absolute Gasteiger partial charge is 0.227 e. The van der Waals surface area contributed by atoms with Crippen molar-refractivity contribution >= 4 is 21.4 Å². The molecule has 0 aromatic heterocycles. The van der Waals surface area contributed by atoms with E-state index in [0.29, 0.717) is 11.4 Å². The Hall–Kier alpha value is -2.54. The molecule has 7 heteroatoms. The Labute approximate surface area is 141 Å². The Morgan fingerprint density at radius 3 is 2.42 bits per heavy atom. The number of hydrogen-bond acceptors (Lipinski definition) is 5. The van der Waals surface area contributed by atoms with E-state index in [1.165, 1.54) is 18.2 Å². The van der Waals surface area contributed by atoms with E-state index in [2.05, 4.69) is 5.32 Å². The number of phenolic OH excluding ortho intramolecular Hbond substituents is 1. The van der Waals surface area contributed by atoms with Crippen molar-refractivity contribution in [3.05, 3.63) is 48.0 Å². The number of aromatic hydroxyl groups is 1. The predicted octanol–water partition coefficient (Wildman–Crippen LogP) is 2.51. The number of nitrogens with one attached hydrogen (secondary N) is 1. The first-order valence-electron chi connectivity index (χ1n) is 7.28. The first kappa shape index (κ1) is 17.8. The van der Waals surface area contributed by atoms with Gasteiger partial charge in [0.25, 0.3) is 0 Å². The van der Waals surface area contributed by atoms with Crippen LogP contribution in [0.4, 0.5) is 5.69 Å². The van der Waals surface area contributed by atoms with Gasteiger partial charge in [0.05, 0.1) is 17.9 Å². The molecule has 0 aliphatic carbocycles. The molecule has 0 aliphatic heterocycles. The molecule has 0 saturated carbocycles. The molecule has 0 bridgehead atoms. The number of hydrogen-bond donors (Lipinski definition) is 2. The fourth-order valence-corrected chi connectivity index (χ4v) is 2.59. The Kier molecular flexibility index (Phi) is 5.46. The minimum atomic E-state index is -3.23. The second-order valence-corrected chi connectivity index (χ2v) is 7.41. The summed E-state index contributed by atoms with van der Waals surface area (Å²) in [5.74, 6) is 0.365. The van der Waals surface area contributed by atoms with E-state index in [1.54, 1.807) is 31.2 Å². The average molecular weight is 349 g/mol. The second kappa shape index (κ2) is 7.35. The highest BCUT2D eigenvalue weighted by Crippen LogP contribution is 2.21. The Morgan fingerprint density at radius 2 is 1.83 bits per heavy atom. The molecule has 0 unspecified atom stereocenters. The quantitative estimate of drug-likeness (QED) is 0.836. The number of carbonyl (C=O) groups is 1. The number of anilines is 1. The van der Waals surface area contributed by atoms with Gasteiger partial charge in [-0.15, -0.1) is 0 Å². The topological polar surface area (TPSA) is 92.7 Å². The Balaban J connectivity index is 1.83. The predicted molar refractivity (Wildman–Crippen MR) is 91.1 cm³/mol. The molecule has 0 heterocycles. The maximum atomic E-state index is 11.8. The fourth-order valence-electron chi connectivity index (χ4n) is 1.96. The van der Waals surface area contributed by atoms with Crippen molar-refractivity contribution in [1.82, 2.24) is 0 Å². The first-order chi connectivity index (χ1) is 11.3. The minimum Gasteiger partial charge on any atom is -0.508 e. The summed E-state index contributed by atoms with van der Waals surface area (Å²) in [7, 11) is -3.23. The number of carbonyl (C=O) groups excluding carboxylic acids is 1. The third-order valence-corrected chi connectivity index (χ3v) is 4.47. The maximum absolute atomic E-state index is 11.8. The summed E-state index contributed by atoms with van der Waals surface area (Å²) in [6.45, 7) is 1.92. The molecule has 2 aromatic carbocycles. The molecule has 0 spiro atoms. The molecular weight excluding hydrogens is 330 g/mol. The fraction of sp³-hybridized carbons (Fsp3) is 0.235. The van der Waals surface area contributed by atoms with Crippen LogP contribution in [0.1, 0.15) is 12.0 Å². The summed E-state index contributed by atoms with van der Waals surface area (Å²) in [6, 6.07) is 10.9. The van der Waals surface area contributed by atoms with E-state index >= 15 is 0 Å². The van der Waals surface area contributed by atoms with Crippen molar-refractivity contribution in [2.75, 3.05) is 18.2 Å². The van der Waals surface area contributed by atoms with Crippen molar-refractivity contribution in [3.63, 3.8) is 0 Å². The molecule has 1 amide bonds. The summed E-state index contributed by atoms with van der Waals surface area (Å²) >= 11 is 0. The summed E-state index contributed by atoms with van der Waals surface area (Å²) in [4.78, 5) is 12.0. The van der Waals surface area contributed by atoms with Crippen LogP contribution < -0.4 is 10.1 Å². The van der Waals surface area contributed by atoms with E-state index in [9.17, 15) is 18.3 Å². The van der Waals surface area contributed by atoms with Crippen molar-refractivity contribution in [1.29, 1.82) is 0 Å². The van der Waals surface area contributed by atoms with E-state index in [4.69, 9.17) is 4.74 Å². The zero-order valence-corrected chi connectivity index (χ0v) is 14.3. The molecule has 0 atom stereocenters. The lowest BCUT2D eigenvalue weighted by atomic mass is 10.2. The van der Waals surface area contributed by atoms with Crippen molar-refractivity contribution in [2.45, 2.75) is 18.2 Å². The van der Waals surface area contributed by atoms with E-state index in [-0.39, 0.29) is 29.6 Å². The average Bonchev–Trinajstić information content (AvgIpc) is 2.50. The van der Waals surface area contributed by atoms with Crippen LogP contribution in [0.2, 0.25) is 0 Å². The van der Waals surface area contributed by atoms with Crippen LogP contribution in [0.15, 0.2) is 47.4 Å². The molecule has 2 aromatic rings. The number of rotatable bonds is 6. The molecule has 0 fully saturated rings. The van der Waals surface area contributed by atoms with Crippen molar-refractivity contribution in [3.8, 4) is 11.5 Å². The van der Waals surface area contributed by atoms with Gasteiger partial charge < -0.3 is 15.2 Å². The van der Waals surface area contributed by atoms with Gasteiger partial charge in [0.1, 0.15) is 11.5 Å². The molecule has 24 heavy (non-hydrogen) atoms. The molecule has 2 N–H and O–H groups in total. The highest BCUT2D eigenvalue weighted by molar-refractivity contribution is 7.90. The number of phenols is 1. The van der Waals surface area contributed by atoms with Gasteiger partial charge in [-0.25, -0.2) is 8.42 Å². The van der Waals surface area contributed by atoms with Crippen LogP contribution in [0.3, 0.4) is 0 Å². The largest absolute Gasteiger partial charge is 0.508 e. The minimum absolute atomic E-state index is 0.120. The second-order valence-electron chi connectivity index (χ2n) is 5.39. The van der Waals surface area contributed by atoms with Gasteiger partial charge in [0.2, 0.25) is 5.91 Å². The number of aryl methyl sites for hydroxylation is 1. The molecule has 6 nitrogen and oxygen atoms in total. The summed E-state index contributed by atoms with van der Waals surface area (Å²) in [6.07, 6.45) is 1.26. The number of amides is 1. The summed E-state index contributed by atoms with van der Waals surface area (Å²) < 4.78 is 28.1. The lowest BCUT2D eigenvalue weighted by Crippen LogP contribution is -2.15. The van der Waals surface area contributed by atoms with Crippen molar-refractivity contribution < 1.29 is 23.1 Å². The monoisotopic (exact) mass is 349 g/mol. The summed E-state index contributed by atoms with van der Waals surface area (Å²) in [5.41, 5.74) is 1.24. The zero-order valence-electron chi connectivity index (χ0n) is 13.4. The SMILES string of the molecule is Cc1ccc(NC(=O)CCOc2ccc(S(C)(=O)=O)cc2)cc1O. The van der Waals surface area contributed by atoms with Crippen LogP contribution >= 0.6 is 0 Å². The lowest BCUT2D eigenvalue weighted by Gasteiger charge is -2.09. The van der Waals surface area contributed by atoms with Crippen LogP contribution in [-0.2, 0) is 14.6 Å². The summed E-state index contributed by atoms with van der Waals surface area (Å²) in [5, 5.41) is 12.3. The third kappa shape index (κ3) is 4.99. The van der Waals surface area contributed by atoms with E-state index < -0.39 is 9.84 Å². The Bertz CT molecular complexity index is 829. The molecule has 2 rings (SSSR count). The highest BCUT2D eigenvalue weighted by Gasteiger charge is 2.08. The van der Waals surface area contributed by atoms with Crippen LogP contribution in [0.25, 0.3) is 0 Å². The molecular formula is C17H19NO5S.